The van der Waals surface area contributed by atoms with E-state index in [0.717, 1.165) is 6.42 Å². The van der Waals surface area contributed by atoms with E-state index in [-0.39, 0.29) is 11.6 Å². The molecule has 0 unspecified atom stereocenters. The number of ether oxygens (including phenoxy) is 1. The van der Waals surface area contributed by atoms with Gasteiger partial charge in [0.15, 0.2) is 0 Å². The average molecular weight is 194 g/mol. The molecule has 0 spiro atoms. The molecule has 3 aliphatic carbocycles. The van der Waals surface area contributed by atoms with Crippen molar-refractivity contribution in [3.8, 4) is 0 Å². The highest BCUT2D eigenvalue weighted by Gasteiger charge is 2.58. The van der Waals surface area contributed by atoms with E-state index in [0.29, 0.717) is 17.3 Å². The Balaban J connectivity index is 2.26. The fourth-order valence-electron chi connectivity index (χ4n) is 3.10. The summed E-state index contributed by atoms with van der Waals surface area (Å²) in [4.78, 5) is 11.0. The first-order valence-corrected chi connectivity index (χ1v) is 5.25. The van der Waals surface area contributed by atoms with E-state index in [1.54, 1.807) is 0 Å². The highest BCUT2D eigenvalue weighted by Crippen LogP contribution is 2.60. The van der Waals surface area contributed by atoms with E-state index < -0.39 is 0 Å². The number of carbonyl (C=O) groups is 1. The Hall–Kier alpha value is -0.790. The lowest BCUT2D eigenvalue weighted by Gasteiger charge is -2.60. The molecule has 0 amide bonds. The first kappa shape index (κ1) is 9.75. The van der Waals surface area contributed by atoms with Gasteiger partial charge in [-0.25, -0.2) is 0 Å². The Morgan fingerprint density at radius 3 is 2.50 bits per heavy atom. The number of hydrogen-bond donors (Lipinski definition) is 0. The minimum absolute atomic E-state index is 0.182. The van der Waals surface area contributed by atoms with E-state index in [1.165, 1.54) is 6.92 Å². The van der Waals surface area contributed by atoms with Gasteiger partial charge in [0.1, 0.15) is 5.60 Å². The van der Waals surface area contributed by atoms with Crippen molar-refractivity contribution in [1.82, 2.24) is 0 Å². The second-order valence-corrected chi connectivity index (χ2v) is 5.35. The fourth-order valence-corrected chi connectivity index (χ4v) is 3.10. The van der Waals surface area contributed by atoms with Crippen molar-refractivity contribution in [3.63, 3.8) is 0 Å². The predicted molar refractivity (Wildman–Crippen MR) is 54.7 cm³/mol. The van der Waals surface area contributed by atoms with Gasteiger partial charge in [0.25, 0.3) is 0 Å². The molecule has 1 saturated carbocycles. The van der Waals surface area contributed by atoms with E-state index in [9.17, 15) is 4.79 Å². The van der Waals surface area contributed by atoms with Crippen LogP contribution in [-0.2, 0) is 9.53 Å². The van der Waals surface area contributed by atoms with Gasteiger partial charge in [-0.3, -0.25) is 4.79 Å². The van der Waals surface area contributed by atoms with Crippen LogP contribution >= 0.6 is 0 Å². The van der Waals surface area contributed by atoms with E-state index in [1.807, 2.05) is 6.92 Å². The summed E-state index contributed by atoms with van der Waals surface area (Å²) in [6.07, 6.45) is 5.44. The van der Waals surface area contributed by atoms with Crippen LogP contribution in [0.4, 0.5) is 0 Å². The second-order valence-electron chi connectivity index (χ2n) is 5.35. The Bertz CT molecular complexity index is 303. The molecule has 3 aliphatic rings. The number of rotatable bonds is 1. The van der Waals surface area contributed by atoms with Crippen LogP contribution < -0.4 is 0 Å². The lowest BCUT2D eigenvalue weighted by molar-refractivity contribution is -0.178. The van der Waals surface area contributed by atoms with Crippen LogP contribution in [0.25, 0.3) is 0 Å². The summed E-state index contributed by atoms with van der Waals surface area (Å²) in [5.74, 6) is 0.975. The SMILES string of the molecule is CC(=O)O[C@]1(C)C=C[C@@H]2C[C@H]1C2(C)C. The highest BCUT2D eigenvalue weighted by molar-refractivity contribution is 5.67. The molecule has 0 saturated heterocycles. The molecular weight excluding hydrogens is 176 g/mol. The first-order chi connectivity index (χ1) is 6.36. The minimum Gasteiger partial charge on any atom is -0.455 e. The van der Waals surface area contributed by atoms with Gasteiger partial charge in [-0.2, -0.15) is 0 Å². The lowest BCUT2D eigenvalue weighted by atomic mass is 9.47. The van der Waals surface area contributed by atoms with E-state index >= 15 is 0 Å². The van der Waals surface area contributed by atoms with Crippen molar-refractivity contribution >= 4 is 5.97 Å². The van der Waals surface area contributed by atoms with Crippen LogP contribution in [-0.4, -0.2) is 11.6 Å². The molecular formula is C12H18O2. The van der Waals surface area contributed by atoms with Crippen molar-refractivity contribution in [2.75, 3.05) is 0 Å². The molecule has 3 rings (SSSR count). The Morgan fingerprint density at radius 2 is 2.07 bits per heavy atom. The molecule has 1 fully saturated rings. The normalized spacial score (nSPS) is 42.9. The number of fused-ring (bicyclic) bond motifs is 1. The largest absolute Gasteiger partial charge is 0.455 e. The monoisotopic (exact) mass is 194 g/mol. The maximum atomic E-state index is 11.0. The lowest BCUT2D eigenvalue weighted by Crippen LogP contribution is -2.58. The van der Waals surface area contributed by atoms with Gasteiger partial charge in [-0.15, -0.1) is 0 Å². The maximum absolute atomic E-state index is 11.0. The number of allylic oxidation sites excluding steroid dienone is 1. The molecule has 0 radical (unpaired) electrons. The third-order valence-electron chi connectivity index (χ3n) is 4.06. The molecule has 0 aromatic heterocycles. The van der Waals surface area contributed by atoms with Crippen LogP contribution in [0.3, 0.4) is 0 Å². The van der Waals surface area contributed by atoms with Crippen LogP contribution in [0.5, 0.6) is 0 Å². The average Bonchev–Trinajstić information content (AvgIpc) is 2.00. The summed E-state index contributed by atoms with van der Waals surface area (Å²) in [5.41, 5.74) is -0.0803. The zero-order chi connectivity index (χ0) is 10.6. The highest BCUT2D eigenvalue weighted by atomic mass is 16.6. The molecule has 3 atom stereocenters. The molecule has 0 heterocycles. The number of hydrogen-bond acceptors (Lipinski definition) is 2. The molecule has 0 aliphatic heterocycles. The van der Waals surface area contributed by atoms with Crippen LogP contribution in [0.2, 0.25) is 0 Å². The van der Waals surface area contributed by atoms with Gasteiger partial charge in [0.2, 0.25) is 0 Å². The molecule has 2 nitrogen and oxygen atoms in total. The molecule has 0 aromatic carbocycles. The maximum Gasteiger partial charge on any atom is 0.303 e. The summed E-state index contributed by atoms with van der Waals surface area (Å²) in [7, 11) is 0. The first-order valence-electron chi connectivity index (χ1n) is 5.25. The van der Waals surface area contributed by atoms with Crippen molar-refractivity contribution in [2.45, 2.75) is 39.7 Å². The Kier molecular flexibility index (Phi) is 1.82. The van der Waals surface area contributed by atoms with Gasteiger partial charge < -0.3 is 4.74 Å². The summed E-state index contributed by atoms with van der Waals surface area (Å²) < 4.78 is 5.44. The molecule has 14 heavy (non-hydrogen) atoms. The van der Waals surface area contributed by atoms with Gasteiger partial charge in [0.05, 0.1) is 0 Å². The molecule has 2 heteroatoms. The van der Waals surface area contributed by atoms with Crippen molar-refractivity contribution < 1.29 is 9.53 Å². The summed E-state index contributed by atoms with van der Waals surface area (Å²) >= 11 is 0. The Labute approximate surface area is 85.3 Å². The summed E-state index contributed by atoms with van der Waals surface area (Å²) in [5, 5.41) is 0. The summed E-state index contributed by atoms with van der Waals surface area (Å²) in [6, 6.07) is 0. The van der Waals surface area contributed by atoms with Crippen molar-refractivity contribution in [3.05, 3.63) is 12.2 Å². The number of carbonyl (C=O) groups excluding carboxylic acids is 1. The van der Waals surface area contributed by atoms with Gasteiger partial charge in [-0.05, 0) is 30.8 Å². The zero-order valence-corrected chi connectivity index (χ0v) is 9.33. The van der Waals surface area contributed by atoms with Crippen molar-refractivity contribution in [1.29, 1.82) is 0 Å². The smallest absolute Gasteiger partial charge is 0.303 e. The van der Waals surface area contributed by atoms with Gasteiger partial charge in [-0.1, -0.05) is 19.9 Å². The van der Waals surface area contributed by atoms with Gasteiger partial charge in [0, 0.05) is 12.8 Å². The zero-order valence-electron chi connectivity index (χ0n) is 9.33. The van der Waals surface area contributed by atoms with Crippen LogP contribution in [0.15, 0.2) is 12.2 Å². The molecule has 78 valence electrons. The third kappa shape index (κ3) is 1.13. The second kappa shape index (κ2) is 2.62. The quantitative estimate of drug-likeness (QED) is 0.473. The molecule has 2 bridgehead atoms. The Morgan fingerprint density at radius 1 is 1.43 bits per heavy atom. The van der Waals surface area contributed by atoms with Crippen LogP contribution in [0, 0.1) is 17.3 Å². The van der Waals surface area contributed by atoms with Gasteiger partial charge >= 0.3 is 5.97 Å². The topological polar surface area (TPSA) is 26.3 Å². The van der Waals surface area contributed by atoms with Crippen molar-refractivity contribution in [2.24, 2.45) is 17.3 Å². The fraction of sp³-hybridized carbons (Fsp3) is 0.750. The summed E-state index contributed by atoms with van der Waals surface area (Å²) in [6.45, 7) is 8.03. The molecule has 0 aromatic rings. The third-order valence-corrected chi connectivity index (χ3v) is 4.06. The minimum atomic E-state index is -0.371. The number of esters is 1. The van der Waals surface area contributed by atoms with Crippen LogP contribution in [0.1, 0.15) is 34.1 Å². The standard InChI is InChI=1S/C12H18O2/c1-8(13)14-12(4)6-5-9-7-10(12)11(9,2)3/h5-6,9-10H,7H2,1-4H3/t9-,10+,12-/m1/s1. The predicted octanol–water partition coefficient (Wildman–Crippen LogP) is 2.54. The van der Waals surface area contributed by atoms with E-state index in [4.69, 9.17) is 4.74 Å². The van der Waals surface area contributed by atoms with E-state index in [2.05, 4.69) is 26.0 Å². The molecule has 0 N–H and O–H groups in total.